The van der Waals surface area contributed by atoms with Crippen LogP contribution in [0.2, 0.25) is 0 Å². The van der Waals surface area contributed by atoms with E-state index in [0.717, 1.165) is 18.4 Å². The molecule has 3 heteroatoms. The molecule has 2 fully saturated rings. The highest BCUT2D eigenvalue weighted by Crippen LogP contribution is 2.43. The molecule has 2 aliphatic carbocycles. The van der Waals surface area contributed by atoms with Gasteiger partial charge < -0.3 is 9.47 Å². The summed E-state index contributed by atoms with van der Waals surface area (Å²) in [5.41, 5.74) is 0.458. The summed E-state index contributed by atoms with van der Waals surface area (Å²) in [6.07, 6.45) is 9.69. The van der Waals surface area contributed by atoms with E-state index in [-0.39, 0.29) is 0 Å². The molecule has 0 aromatic carbocycles. The molecule has 0 saturated heterocycles. The SMILES string of the molecule is COC1CCCC(OCC2(CBr)CCC2)C1. The fraction of sp³-hybridized carbons (Fsp3) is 1.00. The number of hydrogen-bond donors (Lipinski definition) is 0. The highest BCUT2D eigenvalue weighted by atomic mass is 79.9. The van der Waals surface area contributed by atoms with Gasteiger partial charge in [-0.3, -0.25) is 0 Å². The van der Waals surface area contributed by atoms with E-state index in [2.05, 4.69) is 15.9 Å². The maximum Gasteiger partial charge on any atom is 0.0600 e. The molecule has 0 bridgehead atoms. The predicted molar refractivity (Wildman–Crippen MR) is 69.1 cm³/mol. The first-order valence-electron chi connectivity index (χ1n) is 6.48. The van der Waals surface area contributed by atoms with Crippen LogP contribution in [0.5, 0.6) is 0 Å². The molecule has 0 aromatic rings. The van der Waals surface area contributed by atoms with Gasteiger partial charge in [-0.2, -0.15) is 0 Å². The Bertz CT molecular complexity index is 210. The van der Waals surface area contributed by atoms with Gasteiger partial charge in [0.2, 0.25) is 0 Å². The van der Waals surface area contributed by atoms with Crippen LogP contribution in [0, 0.1) is 5.41 Å². The van der Waals surface area contributed by atoms with E-state index in [1.54, 1.807) is 0 Å². The number of ether oxygens (including phenoxy) is 2. The van der Waals surface area contributed by atoms with Gasteiger partial charge >= 0.3 is 0 Å². The van der Waals surface area contributed by atoms with E-state index in [1.807, 2.05) is 7.11 Å². The number of methoxy groups -OCH3 is 1. The van der Waals surface area contributed by atoms with Crippen molar-refractivity contribution in [2.45, 2.75) is 57.2 Å². The molecule has 2 aliphatic rings. The van der Waals surface area contributed by atoms with Crippen LogP contribution in [0.1, 0.15) is 44.9 Å². The van der Waals surface area contributed by atoms with Crippen LogP contribution in [-0.4, -0.2) is 31.3 Å². The summed E-state index contributed by atoms with van der Waals surface area (Å²) in [4.78, 5) is 0. The van der Waals surface area contributed by atoms with Crippen molar-refractivity contribution >= 4 is 15.9 Å². The molecular weight excluding hydrogens is 268 g/mol. The lowest BCUT2D eigenvalue weighted by molar-refractivity contribution is -0.0709. The number of rotatable bonds is 5. The lowest BCUT2D eigenvalue weighted by Crippen LogP contribution is -2.39. The van der Waals surface area contributed by atoms with E-state index in [4.69, 9.17) is 9.47 Å². The third-order valence-corrected chi connectivity index (χ3v) is 5.42. The molecule has 0 N–H and O–H groups in total. The number of hydrogen-bond acceptors (Lipinski definition) is 2. The van der Waals surface area contributed by atoms with Gasteiger partial charge in [0.05, 0.1) is 18.8 Å². The number of alkyl halides is 1. The summed E-state index contributed by atoms with van der Waals surface area (Å²) < 4.78 is 11.5. The van der Waals surface area contributed by atoms with Crippen molar-refractivity contribution in [1.29, 1.82) is 0 Å². The van der Waals surface area contributed by atoms with Crippen LogP contribution in [0.4, 0.5) is 0 Å². The predicted octanol–water partition coefficient (Wildman–Crippen LogP) is 3.53. The summed E-state index contributed by atoms with van der Waals surface area (Å²) >= 11 is 3.63. The van der Waals surface area contributed by atoms with E-state index in [9.17, 15) is 0 Å². The summed E-state index contributed by atoms with van der Waals surface area (Å²) in [5, 5.41) is 1.10. The van der Waals surface area contributed by atoms with Crippen molar-refractivity contribution < 1.29 is 9.47 Å². The van der Waals surface area contributed by atoms with Crippen molar-refractivity contribution in [2.24, 2.45) is 5.41 Å². The fourth-order valence-electron chi connectivity index (χ4n) is 2.76. The smallest absolute Gasteiger partial charge is 0.0600 e. The second-order valence-corrected chi connectivity index (χ2v) is 6.01. The minimum atomic E-state index is 0.431. The third-order valence-electron chi connectivity index (χ3n) is 4.23. The van der Waals surface area contributed by atoms with Crippen LogP contribution in [0.3, 0.4) is 0 Å². The van der Waals surface area contributed by atoms with Gasteiger partial charge in [-0.15, -0.1) is 0 Å². The second kappa shape index (κ2) is 5.83. The normalized spacial score (nSPS) is 33.4. The van der Waals surface area contributed by atoms with Gasteiger partial charge in [-0.1, -0.05) is 22.4 Å². The Labute approximate surface area is 107 Å². The molecule has 2 rings (SSSR count). The maximum atomic E-state index is 6.10. The van der Waals surface area contributed by atoms with Gasteiger partial charge in [0.15, 0.2) is 0 Å². The molecule has 94 valence electrons. The molecule has 0 radical (unpaired) electrons. The first-order valence-corrected chi connectivity index (χ1v) is 7.60. The Morgan fingerprint density at radius 2 is 1.94 bits per heavy atom. The Morgan fingerprint density at radius 1 is 1.19 bits per heavy atom. The first-order chi connectivity index (χ1) is 7.78. The molecule has 2 saturated carbocycles. The Balaban J connectivity index is 1.72. The Kier molecular flexibility index (Phi) is 4.68. The van der Waals surface area contributed by atoms with E-state index in [1.165, 1.54) is 38.5 Å². The van der Waals surface area contributed by atoms with Gasteiger partial charge in [0.1, 0.15) is 0 Å². The molecule has 0 spiro atoms. The van der Waals surface area contributed by atoms with Gasteiger partial charge in [-0.05, 0) is 38.5 Å². The quantitative estimate of drug-likeness (QED) is 0.721. The molecule has 0 heterocycles. The zero-order valence-corrected chi connectivity index (χ0v) is 11.8. The largest absolute Gasteiger partial charge is 0.381 e. The Hall–Kier alpha value is 0.400. The Morgan fingerprint density at radius 3 is 2.50 bits per heavy atom. The second-order valence-electron chi connectivity index (χ2n) is 5.44. The summed E-state index contributed by atoms with van der Waals surface area (Å²) in [6, 6.07) is 0. The van der Waals surface area contributed by atoms with Gasteiger partial charge in [0.25, 0.3) is 0 Å². The van der Waals surface area contributed by atoms with Crippen molar-refractivity contribution in [2.75, 3.05) is 19.0 Å². The standard InChI is InChI=1S/C13H23BrO2/c1-15-11-4-2-5-12(8-11)16-10-13(9-14)6-3-7-13/h11-12H,2-10H2,1H3. The average molecular weight is 291 g/mol. The summed E-state index contributed by atoms with van der Waals surface area (Å²) in [6.45, 7) is 0.944. The van der Waals surface area contributed by atoms with Crippen LogP contribution in [-0.2, 0) is 9.47 Å². The van der Waals surface area contributed by atoms with E-state index < -0.39 is 0 Å². The molecule has 0 amide bonds. The topological polar surface area (TPSA) is 18.5 Å². The molecule has 16 heavy (non-hydrogen) atoms. The van der Waals surface area contributed by atoms with Crippen LogP contribution in [0.25, 0.3) is 0 Å². The molecule has 2 atom stereocenters. The molecule has 0 aromatic heterocycles. The first kappa shape index (κ1) is 12.8. The summed E-state index contributed by atoms with van der Waals surface area (Å²) in [5.74, 6) is 0. The van der Waals surface area contributed by atoms with Gasteiger partial charge in [0, 0.05) is 17.9 Å². The maximum absolute atomic E-state index is 6.10. The molecule has 2 nitrogen and oxygen atoms in total. The molecule has 0 aliphatic heterocycles. The molecule has 2 unspecified atom stereocenters. The highest BCUT2D eigenvalue weighted by molar-refractivity contribution is 9.09. The average Bonchev–Trinajstić information content (AvgIpc) is 2.29. The van der Waals surface area contributed by atoms with Crippen molar-refractivity contribution in [3.63, 3.8) is 0 Å². The number of halogens is 1. The van der Waals surface area contributed by atoms with Crippen molar-refractivity contribution in [1.82, 2.24) is 0 Å². The third kappa shape index (κ3) is 2.99. The van der Waals surface area contributed by atoms with Crippen LogP contribution in [0.15, 0.2) is 0 Å². The fourth-order valence-corrected chi connectivity index (χ4v) is 3.48. The lowest BCUT2D eigenvalue weighted by Gasteiger charge is -2.41. The minimum Gasteiger partial charge on any atom is -0.381 e. The van der Waals surface area contributed by atoms with E-state index in [0.29, 0.717) is 17.6 Å². The van der Waals surface area contributed by atoms with Crippen molar-refractivity contribution in [3.8, 4) is 0 Å². The van der Waals surface area contributed by atoms with Gasteiger partial charge in [-0.25, -0.2) is 0 Å². The zero-order chi connectivity index (χ0) is 11.4. The van der Waals surface area contributed by atoms with Crippen molar-refractivity contribution in [3.05, 3.63) is 0 Å². The molecular formula is C13H23BrO2. The highest BCUT2D eigenvalue weighted by Gasteiger charge is 2.37. The minimum absolute atomic E-state index is 0.431. The van der Waals surface area contributed by atoms with Crippen LogP contribution >= 0.6 is 15.9 Å². The lowest BCUT2D eigenvalue weighted by atomic mass is 9.71. The van der Waals surface area contributed by atoms with E-state index >= 15 is 0 Å². The van der Waals surface area contributed by atoms with Crippen LogP contribution < -0.4 is 0 Å². The summed E-state index contributed by atoms with van der Waals surface area (Å²) in [7, 11) is 1.82. The monoisotopic (exact) mass is 290 g/mol. The zero-order valence-electron chi connectivity index (χ0n) is 10.2.